The maximum atomic E-state index is 12.6. The quantitative estimate of drug-likeness (QED) is 0.0459. The lowest BCUT2D eigenvalue weighted by Gasteiger charge is -2.23. The van der Waals surface area contributed by atoms with Crippen LogP contribution in [0.2, 0.25) is 0 Å². The first-order valence-corrected chi connectivity index (χ1v) is 28.3. The van der Waals surface area contributed by atoms with Gasteiger partial charge in [0.15, 0.2) is 0 Å². The Labute approximate surface area is 383 Å². The van der Waals surface area contributed by atoms with Crippen LogP contribution < -0.4 is 5.32 Å². The van der Waals surface area contributed by atoms with E-state index in [1.54, 1.807) is 0 Å². The molecule has 0 saturated heterocycles. The Balaban J connectivity index is 3.46. The predicted octanol–water partition coefficient (Wildman–Crippen LogP) is 17.3. The Bertz CT molecular complexity index is 822. The monoisotopic (exact) mass is 864 g/mol. The molecule has 366 valence electrons. The molecular formula is C56H113NO4. The first kappa shape index (κ1) is 60.4. The van der Waals surface area contributed by atoms with Crippen LogP contribution >= 0.6 is 0 Å². The Hall–Kier alpha value is -0.650. The van der Waals surface area contributed by atoms with E-state index in [0.717, 1.165) is 32.1 Å². The van der Waals surface area contributed by atoms with Gasteiger partial charge in [-0.3, -0.25) is 4.79 Å². The summed E-state index contributed by atoms with van der Waals surface area (Å²) < 4.78 is 0. The average Bonchev–Trinajstić information content (AvgIpc) is 3.26. The molecule has 0 radical (unpaired) electrons. The lowest BCUT2D eigenvalue weighted by molar-refractivity contribution is -0.131. The van der Waals surface area contributed by atoms with Gasteiger partial charge < -0.3 is 20.6 Å². The smallest absolute Gasteiger partial charge is 0.249 e. The van der Waals surface area contributed by atoms with Crippen molar-refractivity contribution < 1.29 is 20.1 Å². The van der Waals surface area contributed by atoms with Crippen LogP contribution in [0.4, 0.5) is 0 Å². The van der Waals surface area contributed by atoms with Gasteiger partial charge in [0.25, 0.3) is 0 Å². The third-order valence-electron chi connectivity index (χ3n) is 13.7. The zero-order chi connectivity index (χ0) is 44.4. The van der Waals surface area contributed by atoms with Gasteiger partial charge in [0.1, 0.15) is 6.10 Å². The van der Waals surface area contributed by atoms with Crippen LogP contribution in [-0.4, -0.2) is 46.1 Å². The fraction of sp³-hybridized carbons (Fsp3) is 0.982. The molecule has 61 heavy (non-hydrogen) atoms. The summed E-state index contributed by atoms with van der Waals surface area (Å²) in [5, 5.41) is 33.5. The molecular weight excluding hydrogens is 751 g/mol. The van der Waals surface area contributed by atoms with Crippen LogP contribution in [0, 0.1) is 0 Å². The van der Waals surface area contributed by atoms with Crippen LogP contribution in [-0.2, 0) is 4.79 Å². The minimum Gasteiger partial charge on any atom is -0.394 e. The van der Waals surface area contributed by atoms with E-state index < -0.39 is 24.2 Å². The van der Waals surface area contributed by atoms with Crippen molar-refractivity contribution in [2.75, 3.05) is 6.61 Å². The number of amides is 1. The van der Waals surface area contributed by atoms with Gasteiger partial charge in [-0.25, -0.2) is 0 Å². The minimum atomic E-state index is -1.07. The Kier molecular flexibility index (Phi) is 51.4. The Morgan fingerprint density at radius 2 is 0.525 bits per heavy atom. The molecule has 3 unspecified atom stereocenters. The standard InChI is InChI=1S/C56H113NO4/c1-3-5-7-9-11-13-15-17-19-21-22-23-24-25-26-27-28-29-30-31-32-33-35-37-39-41-43-45-47-49-51-55(60)56(61)57-53(52-58)54(59)50-48-46-44-42-40-38-36-34-20-18-16-14-12-10-8-6-4-2/h53-55,58-60H,3-52H2,1-2H3,(H,57,61). The van der Waals surface area contributed by atoms with Gasteiger partial charge in [-0.15, -0.1) is 0 Å². The van der Waals surface area contributed by atoms with E-state index in [9.17, 15) is 20.1 Å². The van der Waals surface area contributed by atoms with Gasteiger partial charge >= 0.3 is 0 Å². The molecule has 0 aromatic rings. The summed E-state index contributed by atoms with van der Waals surface area (Å²) in [6.07, 6.45) is 63.0. The molecule has 0 aliphatic rings. The summed E-state index contributed by atoms with van der Waals surface area (Å²) in [6.45, 7) is 4.27. The first-order chi connectivity index (χ1) is 30.1. The topological polar surface area (TPSA) is 89.8 Å². The number of nitrogens with one attached hydrogen (secondary N) is 1. The highest BCUT2D eigenvalue weighted by Crippen LogP contribution is 2.19. The molecule has 5 heteroatoms. The van der Waals surface area contributed by atoms with E-state index in [1.807, 2.05) is 0 Å². The lowest BCUT2D eigenvalue weighted by Crippen LogP contribution is -2.49. The van der Waals surface area contributed by atoms with Crippen molar-refractivity contribution in [3.63, 3.8) is 0 Å². The Morgan fingerprint density at radius 1 is 0.328 bits per heavy atom. The summed E-state index contributed by atoms with van der Waals surface area (Å²) in [5.74, 6) is -0.462. The number of carbonyl (C=O) groups is 1. The van der Waals surface area contributed by atoms with E-state index in [4.69, 9.17) is 0 Å². The normalized spacial score (nSPS) is 13.2. The fourth-order valence-electron chi connectivity index (χ4n) is 9.31. The van der Waals surface area contributed by atoms with Gasteiger partial charge in [0, 0.05) is 0 Å². The van der Waals surface area contributed by atoms with Crippen molar-refractivity contribution in [3.05, 3.63) is 0 Å². The number of rotatable bonds is 53. The van der Waals surface area contributed by atoms with Gasteiger partial charge in [0.05, 0.1) is 18.8 Å². The van der Waals surface area contributed by atoms with E-state index in [0.29, 0.717) is 12.8 Å². The third kappa shape index (κ3) is 47.1. The van der Waals surface area contributed by atoms with Crippen LogP contribution in [0.25, 0.3) is 0 Å². The van der Waals surface area contributed by atoms with Crippen LogP contribution in [0.15, 0.2) is 0 Å². The molecule has 0 rings (SSSR count). The third-order valence-corrected chi connectivity index (χ3v) is 13.7. The number of unbranched alkanes of at least 4 members (excludes halogenated alkanes) is 45. The molecule has 0 aliphatic carbocycles. The molecule has 0 aromatic heterocycles. The van der Waals surface area contributed by atoms with Gasteiger partial charge in [0.2, 0.25) is 5.91 Å². The molecule has 0 aromatic carbocycles. The van der Waals surface area contributed by atoms with Crippen LogP contribution in [0.3, 0.4) is 0 Å². The second-order valence-corrected chi connectivity index (χ2v) is 19.9. The number of aliphatic hydroxyl groups is 3. The molecule has 0 heterocycles. The molecule has 0 aliphatic heterocycles. The van der Waals surface area contributed by atoms with Crippen molar-refractivity contribution >= 4 is 5.91 Å². The van der Waals surface area contributed by atoms with Gasteiger partial charge in [-0.1, -0.05) is 316 Å². The maximum absolute atomic E-state index is 12.6. The summed E-state index contributed by atoms with van der Waals surface area (Å²) >= 11 is 0. The highest BCUT2D eigenvalue weighted by atomic mass is 16.3. The second kappa shape index (κ2) is 52.0. The SMILES string of the molecule is CCCCCCCCCCCCCCCCCCCCCCCCCCCCCCCCC(O)C(=O)NC(CO)C(O)CCCCCCCCCCCCCCCCCCC. The molecule has 0 fully saturated rings. The molecule has 1 amide bonds. The number of aliphatic hydroxyl groups excluding tert-OH is 3. The molecule has 4 N–H and O–H groups in total. The van der Waals surface area contributed by atoms with Crippen molar-refractivity contribution in [3.8, 4) is 0 Å². The van der Waals surface area contributed by atoms with Crippen molar-refractivity contribution in [2.45, 2.75) is 347 Å². The van der Waals surface area contributed by atoms with Crippen molar-refractivity contribution in [2.24, 2.45) is 0 Å². The minimum absolute atomic E-state index is 0.307. The molecule has 0 bridgehead atoms. The van der Waals surface area contributed by atoms with Gasteiger partial charge in [-0.2, -0.15) is 0 Å². The highest BCUT2D eigenvalue weighted by molar-refractivity contribution is 5.80. The molecule has 0 spiro atoms. The number of hydrogen-bond donors (Lipinski definition) is 4. The predicted molar refractivity (Wildman–Crippen MR) is 269 cm³/mol. The Morgan fingerprint density at radius 3 is 0.738 bits per heavy atom. The first-order valence-electron chi connectivity index (χ1n) is 28.3. The molecule has 5 nitrogen and oxygen atoms in total. The summed E-state index contributed by atoms with van der Waals surface area (Å²) in [7, 11) is 0. The van der Waals surface area contributed by atoms with Crippen LogP contribution in [0.1, 0.15) is 328 Å². The average molecular weight is 865 g/mol. The van der Waals surface area contributed by atoms with E-state index >= 15 is 0 Å². The maximum Gasteiger partial charge on any atom is 0.249 e. The lowest BCUT2D eigenvalue weighted by atomic mass is 10.0. The van der Waals surface area contributed by atoms with E-state index in [-0.39, 0.29) is 6.61 Å². The zero-order valence-corrected chi connectivity index (χ0v) is 41.8. The second-order valence-electron chi connectivity index (χ2n) is 19.9. The zero-order valence-electron chi connectivity index (χ0n) is 41.8. The summed E-state index contributed by atoms with van der Waals surface area (Å²) in [6, 6.07) is -0.707. The summed E-state index contributed by atoms with van der Waals surface area (Å²) in [5.41, 5.74) is 0. The molecule has 0 saturated carbocycles. The van der Waals surface area contributed by atoms with Crippen molar-refractivity contribution in [1.29, 1.82) is 0 Å². The van der Waals surface area contributed by atoms with E-state index in [2.05, 4.69) is 19.2 Å². The number of hydrogen-bond acceptors (Lipinski definition) is 4. The van der Waals surface area contributed by atoms with Crippen LogP contribution in [0.5, 0.6) is 0 Å². The largest absolute Gasteiger partial charge is 0.394 e. The number of carbonyl (C=O) groups excluding carboxylic acids is 1. The van der Waals surface area contributed by atoms with Crippen molar-refractivity contribution in [1.82, 2.24) is 5.32 Å². The highest BCUT2D eigenvalue weighted by Gasteiger charge is 2.23. The fourth-order valence-corrected chi connectivity index (χ4v) is 9.31. The summed E-state index contributed by atoms with van der Waals surface area (Å²) in [4.78, 5) is 12.6. The van der Waals surface area contributed by atoms with E-state index in [1.165, 1.54) is 270 Å². The molecule has 3 atom stereocenters. The van der Waals surface area contributed by atoms with Gasteiger partial charge in [-0.05, 0) is 12.8 Å².